The number of ketones is 1. The molecule has 2 rings (SSSR count). The average molecular weight is 138 g/mol. The van der Waals surface area contributed by atoms with Crippen LogP contribution < -0.4 is 0 Å². The summed E-state index contributed by atoms with van der Waals surface area (Å²) in [6.45, 7) is 1.52. The summed E-state index contributed by atoms with van der Waals surface area (Å²) >= 11 is 0. The summed E-state index contributed by atoms with van der Waals surface area (Å²) in [5.41, 5.74) is 1.22. The summed E-state index contributed by atoms with van der Waals surface area (Å²) < 4.78 is 5.22. The number of carbonyl (C=O) groups excluding carboxylic acids is 1. The Labute approximate surface area is 59.9 Å². The smallest absolute Gasteiger partial charge is 0.155 e. The van der Waals surface area contributed by atoms with Crippen LogP contribution in [0.4, 0.5) is 0 Å². The van der Waals surface area contributed by atoms with Gasteiger partial charge in [-0.05, 0) is 18.1 Å². The van der Waals surface area contributed by atoms with E-state index in [1.165, 1.54) is 5.57 Å². The van der Waals surface area contributed by atoms with E-state index in [-0.39, 0.29) is 5.78 Å². The lowest BCUT2D eigenvalue weighted by atomic mass is 9.90. The van der Waals surface area contributed by atoms with Crippen molar-refractivity contribution in [2.45, 2.75) is 12.8 Å². The number of allylic oxidation sites excluding steroid dienone is 1. The highest BCUT2D eigenvalue weighted by Crippen LogP contribution is 2.28. The molecule has 2 heteroatoms. The highest BCUT2D eigenvalue weighted by atomic mass is 16.5. The van der Waals surface area contributed by atoms with Crippen LogP contribution in [-0.2, 0) is 9.53 Å². The molecule has 0 radical (unpaired) electrons. The van der Waals surface area contributed by atoms with Crippen LogP contribution in [0.25, 0.3) is 0 Å². The molecule has 1 fully saturated rings. The minimum atomic E-state index is 0.275. The fourth-order valence-electron chi connectivity index (χ4n) is 1.57. The van der Waals surface area contributed by atoms with Gasteiger partial charge in [0, 0.05) is 12.3 Å². The third kappa shape index (κ3) is 0.886. The fraction of sp³-hybridized carbons (Fsp3) is 0.625. The minimum absolute atomic E-state index is 0.275. The lowest BCUT2D eigenvalue weighted by Crippen LogP contribution is -2.11. The Morgan fingerprint density at radius 1 is 1.60 bits per heavy atom. The van der Waals surface area contributed by atoms with E-state index in [2.05, 4.69) is 0 Å². The van der Waals surface area contributed by atoms with Gasteiger partial charge in [0.15, 0.2) is 5.78 Å². The number of hydrogen-bond acceptors (Lipinski definition) is 2. The Morgan fingerprint density at radius 2 is 2.50 bits per heavy atom. The molecule has 0 aromatic carbocycles. The van der Waals surface area contributed by atoms with Crippen LogP contribution in [0, 0.1) is 5.92 Å². The third-order valence-electron chi connectivity index (χ3n) is 2.20. The summed E-state index contributed by atoms with van der Waals surface area (Å²) in [5.74, 6) is 0.842. The van der Waals surface area contributed by atoms with Gasteiger partial charge in [-0.25, -0.2) is 0 Å². The molecule has 1 heterocycles. The largest absolute Gasteiger partial charge is 0.376 e. The SMILES string of the molecule is O=C1C=C2COCC2CC1. The van der Waals surface area contributed by atoms with Gasteiger partial charge in [-0.1, -0.05) is 0 Å². The standard InChI is InChI=1S/C8H10O2/c9-8-2-1-6-4-10-5-7(6)3-8/h3,6H,1-2,4-5H2. The fourth-order valence-corrected chi connectivity index (χ4v) is 1.57. The van der Waals surface area contributed by atoms with Crippen molar-refractivity contribution < 1.29 is 9.53 Å². The van der Waals surface area contributed by atoms with Gasteiger partial charge in [0.05, 0.1) is 13.2 Å². The zero-order valence-corrected chi connectivity index (χ0v) is 5.80. The highest BCUT2D eigenvalue weighted by molar-refractivity contribution is 5.91. The van der Waals surface area contributed by atoms with Gasteiger partial charge in [0.25, 0.3) is 0 Å². The van der Waals surface area contributed by atoms with Gasteiger partial charge in [-0.2, -0.15) is 0 Å². The molecule has 0 aromatic heterocycles. The molecule has 1 unspecified atom stereocenters. The average Bonchev–Trinajstić information content (AvgIpc) is 2.33. The van der Waals surface area contributed by atoms with E-state index in [1.807, 2.05) is 0 Å². The highest BCUT2D eigenvalue weighted by Gasteiger charge is 2.26. The van der Waals surface area contributed by atoms with Crippen LogP contribution in [0.2, 0.25) is 0 Å². The second kappa shape index (κ2) is 2.20. The maximum absolute atomic E-state index is 10.9. The zero-order chi connectivity index (χ0) is 6.97. The van der Waals surface area contributed by atoms with Crippen molar-refractivity contribution >= 4 is 5.78 Å². The third-order valence-corrected chi connectivity index (χ3v) is 2.20. The molecule has 0 saturated carbocycles. The first-order valence-electron chi connectivity index (χ1n) is 3.67. The van der Waals surface area contributed by atoms with Crippen molar-refractivity contribution in [3.05, 3.63) is 11.6 Å². The van der Waals surface area contributed by atoms with Crippen molar-refractivity contribution in [2.75, 3.05) is 13.2 Å². The molecule has 2 aliphatic rings. The molecule has 0 N–H and O–H groups in total. The molecule has 1 saturated heterocycles. The predicted molar refractivity (Wildman–Crippen MR) is 36.6 cm³/mol. The quantitative estimate of drug-likeness (QED) is 0.497. The maximum atomic E-state index is 10.9. The molecule has 54 valence electrons. The molecular formula is C8H10O2. The summed E-state index contributed by atoms with van der Waals surface area (Å²) in [6, 6.07) is 0. The van der Waals surface area contributed by atoms with Gasteiger partial charge in [0.1, 0.15) is 0 Å². The number of rotatable bonds is 0. The second-order valence-corrected chi connectivity index (χ2v) is 2.94. The Morgan fingerprint density at radius 3 is 3.40 bits per heavy atom. The number of fused-ring (bicyclic) bond motifs is 1. The van der Waals surface area contributed by atoms with Crippen molar-refractivity contribution in [1.29, 1.82) is 0 Å². The van der Waals surface area contributed by atoms with Crippen LogP contribution >= 0.6 is 0 Å². The lowest BCUT2D eigenvalue weighted by Gasteiger charge is -2.12. The number of ether oxygens (including phenoxy) is 1. The van der Waals surface area contributed by atoms with E-state index in [0.717, 1.165) is 19.4 Å². The number of carbonyl (C=O) groups is 1. The summed E-state index contributed by atoms with van der Waals surface area (Å²) in [6.07, 6.45) is 3.49. The van der Waals surface area contributed by atoms with E-state index < -0.39 is 0 Å². The normalized spacial score (nSPS) is 31.8. The van der Waals surface area contributed by atoms with Crippen LogP contribution in [0.15, 0.2) is 11.6 Å². The van der Waals surface area contributed by atoms with Gasteiger partial charge in [-0.15, -0.1) is 0 Å². The van der Waals surface area contributed by atoms with Gasteiger partial charge in [-0.3, -0.25) is 4.79 Å². The van der Waals surface area contributed by atoms with Crippen LogP contribution in [0.5, 0.6) is 0 Å². The number of hydrogen-bond donors (Lipinski definition) is 0. The van der Waals surface area contributed by atoms with Crippen molar-refractivity contribution in [3.63, 3.8) is 0 Å². The Hall–Kier alpha value is -0.630. The van der Waals surface area contributed by atoms with Gasteiger partial charge in [0.2, 0.25) is 0 Å². The monoisotopic (exact) mass is 138 g/mol. The summed E-state index contributed by atoms with van der Waals surface area (Å²) in [4.78, 5) is 10.9. The van der Waals surface area contributed by atoms with Crippen LogP contribution in [-0.4, -0.2) is 19.0 Å². The minimum Gasteiger partial charge on any atom is -0.376 e. The summed E-state index contributed by atoms with van der Waals surface area (Å²) in [5, 5.41) is 0. The van der Waals surface area contributed by atoms with Crippen LogP contribution in [0.1, 0.15) is 12.8 Å². The van der Waals surface area contributed by atoms with E-state index in [9.17, 15) is 4.79 Å². The van der Waals surface area contributed by atoms with Crippen LogP contribution in [0.3, 0.4) is 0 Å². The molecule has 0 spiro atoms. The van der Waals surface area contributed by atoms with Crippen molar-refractivity contribution in [1.82, 2.24) is 0 Å². The first-order chi connectivity index (χ1) is 4.86. The lowest BCUT2D eigenvalue weighted by molar-refractivity contribution is -0.115. The van der Waals surface area contributed by atoms with E-state index >= 15 is 0 Å². The molecule has 0 aromatic rings. The molecule has 1 aliphatic heterocycles. The van der Waals surface area contributed by atoms with Crippen molar-refractivity contribution in [2.24, 2.45) is 5.92 Å². The first kappa shape index (κ1) is 6.10. The summed E-state index contributed by atoms with van der Waals surface area (Å²) in [7, 11) is 0. The molecule has 1 aliphatic carbocycles. The van der Waals surface area contributed by atoms with Crippen molar-refractivity contribution in [3.8, 4) is 0 Å². The van der Waals surface area contributed by atoms with E-state index in [1.54, 1.807) is 6.08 Å². The Bertz CT molecular complexity index is 193. The Balaban J connectivity index is 2.23. The predicted octanol–water partition coefficient (Wildman–Crippen LogP) is 0.922. The van der Waals surface area contributed by atoms with Gasteiger partial charge < -0.3 is 4.74 Å². The molecular weight excluding hydrogens is 128 g/mol. The van der Waals surface area contributed by atoms with E-state index in [4.69, 9.17) is 4.74 Å². The Kier molecular flexibility index (Phi) is 1.34. The molecule has 1 atom stereocenters. The van der Waals surface area contributed by atoms with Gasteiger partial charge >= 0.3 is 0 Å². The molecule has 0 amide bonds. The molecule has 0 bridgehead atoms. The molecule has 2 nitrogen and oxygen atoms in total. The van der Waals surface area contributed by atoms with E-state index in [0.29, 0.717) is 12.5 Å². The zero-order valence-electron chi connectivity index (χ0n) is 5.80. The molecule has 10 heavy (non-hydrogen) atoms. The first-order valence-corrected chi connectivity index (χ1v) is 3.67. The second-order valence-electron chi connectivity index (χ2n) is 2.94. The maximum Gasteiger partial charge on any atom is 0.155 e. The topological polar surface area (TPSA) is 26.3 Å².